The number of hydrogen-bond acceptors (Lipinski definition) is 3. The molecule has 0 fully saturated rings. The fourth-order valence-electron chi connectivity index (χ4n) is 1.40. The second kappa shape index (κ2) is 6.85. The van der Waals surface area contributed by atoms with Gasteiger partial charge in [-0.1, -0.05) is 18.2 Å². The molecule has 0 aliphatic carbocycles. The molecule has 1 rings (SSSR count). The summed E-state index contributed by atoms with van der Waals surface area (Å²) in [6.45, 7) is 0.383. The van der Waals surface area contributed by atoms with Crippen molar-refractivity contribution in [1.29, 1.82) is 0 Å². The van der Waals surface area contributed by atoms with Crippen LogP contribution in [0.5, 0.6) is 5.75 Å². The lowest BCUT2D eigenvalue weighted by Gasteiger charge is -2.09. The molecule has 0 heterocycles. The van der Waals surface area contributed by atoms with E-state index < -0.39 is 5.97 Å². The van der Waals surface area contributed by atoms with Crippen LogP contribution in [-0.2, 0) is 16.0 Å². The molecule has 0 aliphatic heterocycles. The fourth-order valence-corrected chi connectivity index (χ4v) is 1.40. The van der Waals surface area contributed by atoms with Gasteiger partial charge in [-0.3, -0.25) is 0 Å². The lowest BCUT2D eigenvalue weighted by molar-refractivity contribution is -0.139. The second-order valence-electron chi connectivity index (χ2n) is 3.39. The Morgan fingerprint density at radius 1 is 1.38 bits per heavy atom. The van der Waals surface area contributed by atoms with E-state index >= 15 is 0 Å². The molecule has 0 saturated heterocycles. The minimum Gasteiger partial charge on any atom is -0.482 e. The van der Waals surface area contributed by atoms with E-state index in [-0.39, 0.29) is 6.61 Å². The van der Waals surface area contributed by atoms with Gasteiger partial charge in [-0.2, -0.15) is 0 Å². The van der Waals surface area contributed by atoms with E-state index in [1.165, 1.54) is 0 Å². The molecule has 4 heteroatoms. The number of para-hydroxylation sites is 1. The van der Waals surface area contributed by atoms with E-state index in [1.807, 2.05) is 18.2 Å². The van der Waals surface area contributed by atoms with E-state index in [4.69, 9.17) is 14.6 Å². The summed E-state index contributed by atoms with van der Waals surface area (Å²) in [5.74, 6) is -0.326. The van der Waals surface area contributed by atoms with Crippen LogP contribution in [0.25, 0.3) is 0 Å². The smallest absolute Gasteiger partial charge is 0.341 e. The first-order valence-corrected chi connectivity index (χ1v) is 5.15. The molecule has 16 heavy (non-hydrogen) atoms. The number of carboxylic acids is 1. The second-order valence-corrected chi connectivity index (χ2v) is 3.39. The monoisotopic (exact) mass is 224 g/mol. The van der Waals surface area contributed by atoms with Gasteiger partial charge in [-0.25, -0.2) is 4.79 Å². The molecular formula is C12H16O4. The highest BCUT2D eigenvalue weighted by Gasteiger charge is 2.04. The molecule has 0 bridgehead atoms. The lowest BCUT2D eigenvalue weighted by atomic mass is 10.1. The summed E-state index contributed by atoms with van der Waals surface area (Å²) >= 11 is 0. The van der Waals surface area contributed by atoms with Crippen LogP contribution in [0.1, 0.15) is 12.0 Å². The number of rotatable bonds is 7. The first-order valence-electron chi connectivity index (χ1n) is 5.15. The predicted octanol–water partition coefficient (Wildman–Crippen LogP) is 1.73. The molecular weight excluding hydrogens is 208 g/mol. The Hall–Kier alpha value is -1.55. The first kappa shape index (κ1) is 12.5. The molecule has 0 spiro atoms. The maximum atomic E-state index is 10.4. The van der Waals surface area contributed by atoms with Gasteiger partial charge in [0.15, 0.2) is 6.61 Å². The van der Waals surface area contributed by atoms with Crippen LogP contribution < -0.4 is 4.74 Å². The van der Waals surface area contributed by atoms with E-state index in [2.05, 4.69) is 0 Å². The number of ether oxygens (including phenoxy) is 2. The number of carbonyl (C=O) groups is 1. The number of benzene rings is 1. The maximum Gasteiger partial charge on any atom is 0.341 e. The first-order chi connectivity index (χ1) is 7.74. The average Bonchev–Trinajstić information content (AvgIpc) is 2.28. The van der Waals surface area contributed by atoms with Crippen molar-refractivity contribution in [2.24, 2.45) is 0 Å². The molecule has 0 amide bonds. The normalized spacial score (nSPS) is 10.1. The average molecular weight is 224 g/mol. The molecule has 0 unspecified atom stereocenters. The Bertz CT molecular complexity index is 336. The summed E-state index contributed by atoms with van der Waals surface area (Å²) in [5, 5.41) is 8.53. The van der Waals surface area contributed by atoms with Crippen LogP contribution in [0.15, 0.2) is 24.3 Å². The van der Waals surface area contributed by atoms with Crippen LogP contribution in [-0.4, -0.2) is 31.4 Å². The van der Waals surface area contributed by atoms with E-state index in [1.54, 1.807) is 13.2 Å². The minimum absolute atomic E-state index is 0.304. The van der Waals surface area contributed by atoms with Crippen molar-refractivity contribution in [3.05, 3.63) is 29.8 Å². The van der Waals surface area contributed by atoms with Gasteiger partial charge >= 0.3 is 5.97 Å². The Kier molecular flexibility index (Phi) is 5.36. The van der Waals surface area contributed by atoms with Crippen molar-refractivity contribution in [3.8, 4) is 5.75 Å². The maximum absolute atomic E-state index is 10.4. The summed E-state index contributed by atoms with van der Waals surface area (Å²) in [4.78, 5) is 10.4. The van der Waals surface area contributed by atoms with Gasteiger partial charge in [0.05, 0.1) is 0 Å². The summed E-state index contributed by atoms with van der Waals surface area (Å²) in [7, 11) is 1.66. The molecule has 0 aliphatic rings. The largest absolute Gasteiger partial charge is 0.482 e. The van der Waals surface area contributed by atoms with E-state index in [9.17, 15) is 4.79 Å². The quantitative estimate of drug-likeness (QED) is 0.716. The Morgan fingerprint density at radius 2 is 2.12 bits per heavy atom. The summed E-state index contributed by atoms with van der Waals surface area (Å²) in [6, 6.07) is 7.46. The van der Waals surface area contributed by atoms with Crippen molar-refractivity contribution in [2.75, 3.05) is 20.3 Å². The minimum atomic E-state index is -0.966. The molecule has 88 valence electrons. The molecule has 0 saturated carbocycles. The van der Waals surface area contributed by atoms with Crippen molar-refractivity contribution in [2.45, 2.75) is 12.8 Å². The van der Waals surface area contributed by atoms with Gasteiger partial charge in [-0.05, 0) is 24.5 Å². The molecule has 0 radical (unpaired) electrons. The predicted molar refractivity (Wildman–Crippen MR) is 59.8 cm³/mol. The van der Waals surface area contributed by atoms with Crippen molar-refractivity contribution in [3.63, 3.8) is 0 Å². The standard InChI is InChI=1S/C12H16O4/c1-15-8-4-6-10-5-2-3-7-11(10)16-9-12(13)14/h2-3,5,7H,4,6,8-9H2,1H3,(H,13,14). The Balaban J connectivity index is 2.56. The summed E-state index contributed by atoms with van der Waals surface area (Å²) in [6.07, 6.45) is 1.72. The van der Waals surface area contributed by atoms with E-state index in [0.29, 0.717) is 12.4 Å². The SMILES string of the molecule is COCCCc1ccccc1OCC(=O)O. The third-order valence-electron chi connectivity index (χ3n) is 2.12. The highest BCUT2D eigenvalue weighted by molar-refractivity contribution is 5.68. The number of aliphatic carboxylic acids is 1. The third-order valence-corrected chi connectivity index (χ3v) is 2.12. The van der Waals surface area contributed by atoms with Crippen LogP contribution >= 0.6 is 0 Å². The zero-order valence-corrected chi connectivity index (χ0v) is 9.31. The number of hydrogen-bond donors (Lipinski definition) is 1. The van der Waals surface area contributed by atoms with Crippen molar-refractivity contribution < 1.29 is 19.4 Å². The molecule has 0 atom stereocenters. The van der Waals surface area contributed by atoms with Gasteiger partial charge < -0.3 is 14.6 Å². The molecule has 1 aromatic rings. The highest BCUT2D eigenvalue weighted by Crippen LogP contribution is 2.19. The van der Waals surface area contributed by atoms with Crippen LogP contribution in [0, 0.1) is 0 Å². The topological polar surface area (TPSA) is 55.8 Å². The van der Waals surface area contributed by atoms with Gasteiger partial charge in [-0.15, -0.1) is 0 Å². The Morgan fingerprint density at radius 3 is 2.81 bits per heavy atom. The number of aryl methyl sites for hydroxylation is 1. The Labute approximate surface area is 94.8 Å². The third kappa shape index (κ3) is 4.31. The van der Waals surface area contributed by atoms with Crippen LogP contribution in [0.3, 0.4) is 0 Å². The highest BCUT2D eigenvalue weighted by atomic mass is 16.5. The number of carboxylic acid groups (broad SMARTS) is 1. The molecule has 1 N–H and O–H groups in total. The van der Waals surface area contributed by atoms with Gasteiger partial charge in [0, 0.05) is 13.7 Å². The summed E-state index contributed by atoms with van der Waals surface area (Å²) < 4.78 is 10.2. The lowest BCUT2D eigenvalue weighted by Crippen LogP contribution is -2.10. The van der Waals surface area contributed by atoms with E-state index in [0.717, 1.165) is 18.4 Å². The van der Waals surface area contributed by atoms with Crippen LogP contribution in [0.4, 0.5) is 0 Å². The van der Waals surface area contributed by atoms with Gasteiger partial charge in [0.1, 0.15) is 5.75 Å². The summed E-state index contributed by atoms with van der Waals surface area (Å²) in [5.41, 5.74) is 1.01. The molecule has 4 nitrogen and oxygen atoms in total. The van der Waals surface area contributed by atoms with Crippen molar-refractivity contribution >= 4 is 5.97 Å². The van der Waals surface area contributed by atoms with Crippen LogP contribution in [0.2, 0.25) is 0 Å². The molecule has 1 aromatic carbocycles. The zero-order valence-electron chi connectivity index (χ0n) is 9.31. The molecule has 0 aromatic heterocycles. The fraction of sp³-hybridized carbons (Fsp3) is 0.417. The van der Waals surface area contributed by atoms with Crippen molar-refractivity contribution in [1.82, 2.24) is 0 Å². The zero-order chi connectivity index (χ0) is 11.8. The number of methoxy groups -OCH3 is 1. The van der Waals surface area contributed by atoms with Gasteiger partial charge in [0.25, 0.3) is 0 Å². The van der Waals surface area contributed by atoms with Gasteiger partial charge in [0.2, 0.25) is 0 Å².